The fraction of sp³-hybridized carbons (Fsp3) is 0.839. The summed E-state index contributed by atoms with van der Waals surface area (Å²) in [7, 11) is 1.51. The molecule has 0 heterocycles. The smallest absolute Gasteiger partial charge is 0.312 e. The van der Waals surface area contributed by atoms with Gasteiger partial charge in [0.25, 0.3) is 0 Å². The Labute approximate surface area is 212 Å². The van der Waals surface area contributed by atoms with Crippen molar-refractivity contribution in [1.82, 2.24) is 0 Å². The van der Waals surface area contributed by atoms with Gasteiger partial charge in [-0.3, -0.25) is 14.4 Å². The highest BCUT2D eigenvalue weighted by Gasteiger charge is 2.71. The summed E-state index contributed by atoms with van der Waals surface area (Å²) in [6.45, 7) is 16.0. The summed E-state index contributed by atoms with van der Waals surface area (Å²) in [6, 6.07) is 0. The Morgan fingerprint density at radius 2 is 1.57 bits per heavy atom. The van der Waals surface area contributed by atoms with Crippen LogP contribution in [-0.2, 0) is 19.1 Å². The summed E-state index contributed by atoms with van der Waals surface area (Å²) < 4.78 is 5.42. The minimum Gasteiger partial charge on any atom is -0.469 e. The predicted molar refractivity (Wildman–Crippen MR) is 136 cm³/mol. The quantitative estimate of drug-likeness (QED) is 0.390. The number of Topliss-reactive ketones (excluding diaryl/α,β-unsaturated/α-hetero) is 1. The van der Waals surface area contributed by atoms with Crippen molar-refractivity contribution >= 4 is 17.5 Å². The lowest BCUT2D eigenvalue weighted by Crippen LogP contribution is -2.66. The average Bonchev–Trinajstić information content (AvgIpc) is 2.77. The van der Waals surface area contributed by atoms with Crippen molar-refractivity contribution in [3.63, 3.8) is 0 Å². The van der Waals surface area contributed by atoms with Crippen LogP contribution < -0.4 is 0 Å². The molecule has 0 aromatic carbocycles. The molecule has 5 aliphatic carbocycles. The lowest BCUT2D eigenvalue weighted by molar-refractivity contribution is -0.192. The molecular weight excluding hydrogens is 436 g/mol. The van der Waals surface area contributed by atoms with E-state index in [1.807, 2.05) is 6.08 Å². The number of carbonyl (C=O) groups excluding carboxylic acids is 3. The summed E-state index contributed by atoms with van der Waals surface area (Å²) >= 11 is 0. The van der Waals surface area contributed by atoms with Crippen molar-refractivity contribution in [3.8, 4) is 0 Å². The van der Waals surface area contributed by atoms with Gasteiger partial charge in [-0.15, -0.1) is 0 Å². The van der Waals surface area contributed by atoms with Crippen LogP contribution in [-0.4, -0.2) is 24.6 Å². The molecule has 0 saturated heterocycles. The number of ketones is 2. The van der Waals surface area contributed by atoms with E-state index in [0.717, 1.165) is 51.4 Å². The molecule has 194 valence electrons. The fourth-order valence-electron chi connectivity index (χ4n) is 10.4. The van der Waals surface area contributed by atoms with Gasteiger partial charge in [-0.25, -0.2) is 0 Å². The number of allylic oxidation sites excluding steroid dienone is 2. The third-order valence-electron chi connectivity index (χ3n) is 12.7. The maximum atomic E-state index is 14.3. The van der Waals surface area contributed by atoms with Gasteiger partial charge in [0.15, 0.2) is 5.78 Å². The van der Waals surface area contributed by atoms with E-state index in [0.29, 0.717) is 12.2 Å². The van der Waals surface area contributed by atoms with Crippen LogP contribution in [0.5, 0.6) is 0 Å². The molecule has 0 radical (unpaired) electrons. The van der Waals surface area contributed by atoms with Crippen molar-refractivity contribution in [3.05, 3.63) is 11.6 Å². The number of esters is 1. The first kappa shape index (κ1) is 25.2. The van der Waals surface area contributed by atoms with Gasteiger partial charge < -0.3 is 4.74 Å². The summed E-state index contributed by atoms with van der Waals surface area (Å²) in [6.07, 6.45) is 9.92. The van der Waals surface area contributed by atoms with Crippen LogP contribution in [0.3, 0.4) is 0 Å². The van der Waals surface area contributed by atoms with Crippen molar-refractivity contribution < 1.29 is 19.1 Å². The summed E-state index contributed by atoms with van der Waals surface area (Å²) in [5, 5.41) is 0. The molecule has 5 aliphatic rings. The minimum absolute atomic E-state index is 0.0227. The number of ether oxygens (including phenoxy) is 1. The zero-order valence-electron chi connectivity index (χ0n) is 23.3. The molecule has 7 atom stereocenters. The molecule has 35 heavy (non-hydrogen) atoms. The van der Waals surface area contributed by atoms with E-state index in [-0.39, 0.29) is 56.6 Å². The van der Waals surface area contributed by atoms with E-state index in [1.165, 1.54) is 12.7 Å². The Kier molecular flexibility index (Phi) is 5.27. The van der Waals surface area contributed by atoms with Crippen LogP contribution in [0, 0.1) is 50.2 Å². The third kappa shape index (κ3) is 3.00. The summed E-state index contributed by atoms with van der Waals surface area (Å²) in [4.78, 5) is 40.6. The van der Waals surface area contributed by atoms with Gasteiger partial charge >= 0.3 is 5.97 Å². The lowest BCUT2D eigenvalue weighted by Gasteiger charge is -2.69. The molecule has 0 aromatic heterocycles. The highest BCUT2D eigenvalue weighted by Crippen LogP contribution is 2.74. The second-order valence-electron chi connectivity index (χ2n) is 15.0. The molecule has 0 aromatic rings. The Bertz CT molecular complexity index is 1020. The standard InChI is InChI=1S/C31H46O4/c1-26(2)13-15-31(25(34)35-8)16-14-30(7)24(19(31)18-26)20(32)17-22-28(5)11-10-23(33)27(3,4)21(28)9-12-29(22,30)6/h17,19,21,24H,9-16,18H2,1-8H3/t19-,21-,24-,28-,29+,30+,31-/m0/s1. The van der Waals surface area contributed by atoms with Crippen LogP contribution in [0.15, 0.2) is 11.6 Å². The van der Waals surface area contributed by atoms with Gasteiger partial charge in [0.05, 0.1) is 12.5 Å². The van der Waals surface area contributed by atoms with Gasteiger partial charge in [0.2, 0.25) is 0 Å². The number of hydrogen-bond acceptors (Lipinski definition) is 4. The molecule has 0 aliphatic heterocycles. The van der Waals surface area contributed by atoms with Crippen molar-refractivity contribution in [2.75, 3.05) is 7.11 Å². The van der Waals surface area contributed by atoms with Crippen LogP contribution in [0.1, 0.15) is 106 Å². The predicted octanol–water partition coefficient (Wildman–Crippen LogP) is 6.71. The molecular formula is C31H46O4. The molecule has 4 nitrogen and oxygen atoms in total. The molecule has 0 amide bonds. The van der Waals surface area contributed by atoms with Gasteiger partial charge in [0.1, 0.15) is 5.78 Å². The van der Waals surface area contributed by atoms with Gasteiger partial charge in [-0.1, -0.05) is 54.0 Å². The Morgan fingerprint density at radius 3 is 2.23 bits per heavy atom. The van der Waals surface area contributed by atoms with Crippen LogP contribution in [0.4, 0.5) is 0 Å². The average molecular weight is 483 g/mol. The number of methoxy groups -OCH3 is 1. The molecule has 0 bridgehead atoms. The van der Waals surface area contributed by atoms with E-state index in [4.69, 9.17) is 4.74 Å². The van der Waals surface area contributed by atoms with Crippen LogP contribution in [0.2, 0.25) is 0 Å². The van der Waals surface area contributed by atoms with Crippen molar-refractivity contribution in [2.45, 2.75) is 106 Å². The Balaban J connectivity index is 1.65. The first-order valence-corrected chi connectivity index (χ1v) is 14.0. The van der Waals surface area contributed by atoms with E-state index in [2.05, 4.69) is 48.5 Å². The number of hydrogen-bond donors (Lipinski definition) is 0. The normalized spacial score (nSPS) is 48.0. The number of fused-ring (bicyclic) bond motifs is 7. The van der Waals surface area contributed by atoms with Crippen molar-refractivity contribution in [1.29, 1.82) is 0 Å². The maximum absolute atomic E-state index is 14.3. The van der Waals surface area contributed by atoms with Crippen molar-refractivity contribution in [2.24, 2.45) is 50.2 Å². The van der Waals surface area contributed by atoms with Gasteiger partial charge in [-0.05, 0) is 90.9 Å². The first-order chi connectivity index (χ1) is 16.1. The molecule has 0 N–H and O–H groups in total. The molecule has 5 rings (SSSR count). The van der Waals surface area contributed by atoms with E-state index >= 15 is 0 Å². The molecule has 4 fully saturated rings. The molecule has 0 unspecified atom stereocenters. The molecule has 4 heteroatoms. The second kappa shape index (κ2) is 7.32. The maximum Gasteiger partial charge on any atom is 0.312 e. The first-order valence-electron chi connectivity index (χ1n) is 14.0. The van der Waals surface area contributed by atoms with Crippen LogP contribution in [0.25, 0.3) is 0 Å². The molecule has 4 saturated carbocycles. The van der Waals surface area contributed by atoms with E-state index in [1.54, 1.807) is 0 Å². The zero-order valence-corrected chi connectivity index (χ0v) is 23.3. The Morgan fingerprint density at radius 1 is 0.914 bits per heavy atom. The van der Waals surface area contributed by atoms with E-state index < -0.39 is 5.41 Å². The van der Waals surface area contributed by atoms with Gasteiger partial charge in [-0.2, -0.15) is 0 Å². The SMILES string of the molecule is COC(=O)[C@]12CCC(C)(C)C[C@H]1[C@H]1C(=O)C=C3[C@@]4(C)CCC(=O)C(C)(C)[C@@H]4CC[C@@]3(C)[C@]1(C)CC2. The third-order valence-corrected chi connectivity index (χ3v) is 12.7. The lowest BCUT2D eigenvalue weighted by atomic mass is 9.34. The zero-order chi connectivity index (χ0) is 25.8. The molecule has 0 spiro atoms. The number of carbonyl (C=O) groups is 3. The summed E-state index contributed by atoms with van der Waals surface area (Å²) in [5.41, 5.74) is 0.119. The highest BCUT2D eigenvalue weighted by molar-refractivity contribution is 5.96. The number of rotatable bonds is 1. The topological polar surface area (TPSA) is 60.4 Å². The fourth-order valence-corrected chi connectivity index (χ4v) is 10.4. The van der Waals surface area contributed by atoms with E-state index in [9.17, 15) is 14.4 Å². The largest absolute Gasteiger partial charge is 0.469 e. The highest BCUT2D eigenvalue weighted by atomic mass is 16.5. The van der Waals surface area contributed by atoms with Gasteiger partial charge in [0, 0.05) is 17.8 Å². The van der Waals surface area contributed by atoms with Crippen LogP contribution >= 0.6 is 0 Å². The minimum atomic E-state index is -0.536. The summed E-state index contributed by atoms with van der Waals surface area (Å²) in [5.74, 6) is 0.648. The second-order valence-corrected chi connectivity index (χ2v) is 15.0. The Hall–Kier alpha value is -1.45. The monoisotopic (exact) mass is 482 g/mol.